The summed E-state index contributed by atoms with van der Waals surface area (Å²) in [5.41, 5.74) is 0.524. The Morgan fingerprint density at radius 1 is 1.33 bits per heavy atom. The zero-order valence-corrected chi connectivity index (χ0v) is 12.8. The van der Waals surface area contributed by atoms with Crippen LogP contribution in [0.5, 0.6) is 0 Å². The van der Waals surface area contributed by atoms with Crippen LogP contribution < -0.4 is 5.32 Å². The van der Waals surface area contributed by atoms with Gasteiger partial charge in [-0.15, -0.1) is 0 Å². The van der Waals surface area contributed by atoms with E-state index >= 15 is 0 Å². The summed E-state index contributed by atoms with van der Waals surface area (Å²) in [7, 11) is -0.345. The molecule has 2 rings (SSSR count). The first-order valence-corrected chi connectivity index (χ1v) is 8.46. The first-order chi connectivity index (χ1) is 8.43. The molecule has 1 aliphatic heterocycles. The van der Waals surface area contributed by atoms with Crippen LogP contribution in [-0.2, 0) is 9.73 Å². The average molecular weight is 328 g/mol. The zero-order chi connectivity index (χ0) is 13.3. The van der Waals surface area contributed by atoms with Crippen molar-refractivity contribution in [2.45, 2.75) is 12.5 Å². The maximum atomic E-state index is 12.5. The van der Waals surface area contributed by atoms with Crippen molar-refractivity contribution in [1.29, 1.82) is 0 Å². The minimum Gasteiger partial charge on any atom is -0.316 e. The van der Waals surface area contributed by atoms with Crippen molar-refractivity contribution in [3.63, 3.8) is 0 Å². The Kier molecular flexibility index (Phi) is 4.44. The molecule has 18 heavy (non-hydrogen) atoms. The molecule has 0 bridgehead atoms. The molecular formula is C11H13Cl3N2OS. The number of benzene rings is 1. The van der Waals surface area contributed by atoms with Crippen molar-refractivity contribution in [3.8, 4) is 0 Å². The zero-order valence-electron chi connectivity index (χ0n) is 9.75. The minimum atomic E-state index is -2.21. The van der Waals surface area contributed by atoms with E-state index in [0.717, 1.165) is 6.42 Å². The van der Waals surface area contributed by atoms with Gasteiger partial charge in [-0.2, -0.15) is 4.36 Å². The summed E-state index contributed by atoms with van der Waals surface area (Å²) in [4.78, 5) is 0. The molecule has 0 aliphatic carbocycles. The summed E-state index contributed by atoms with van der Waals surface area (Å²) >= 11 is 17.7. The molecule has 2 unspecified atom stereocenters. The number of nitrogens with one attached hydrogen (secondary N) is 1. The van der Waals surface area contributed by atoms with E-state index in [2.05, 4.69) is 9.68 Å². The topological polar surface area (TPSA) is 41.5 Å². The summed E-state index contributed by atoms with van der Waals surface area (Å²) in [6, 6.07) is 3.45. The van der Waals surface area contributed by atoms with Gasteiger partial charge in [-0.25, -0.2) is 4.21 Å². The fraction of sp³-hybridized carbons (Fsp3) is 0.455. The van der Waals surface area contributed by atoms with Crippen LogP contribution >= 0.6 is 34.8 Å². The van der Waals surface area contributed by atoms with E-state index in [1.165, 1.54) is 0 Å². The molecule has 2 atom stereocenters. The van der Waals surface area contributed by atoms with Crippen molar-refractivity contribution in [1.82, 2.24) is 5.32 Å². The van der Waals surface area contributed by atoms with Crippen LogP contribution in [0.15, 0.2) is 16.5 Å². The maximum Gasteiger partial charge on any atom is 0.0780 e. The lowest BCUT2D eigenvalue weighted by Gasteiger charge is -2.06. The minimum absolute atomic E-state index is 0.263. The molecule has 1 fully saturated rings. The van der Waals surface area contributed by atoms with Crippen molar-refractivity contribution in [2.24, 2.45) is 4.36 Å². The molecule has 1 aromatic rings. The number of hydrogen-bond acceptors (Lipinski definition) is 3. The fourth-order valence-corrected chi connectivity index (χ4v) is 4.93. The van der Waals surface area contributed by atoms with Gasteiger partial charge >= 0.3 is 0 Å². The second kappa shape index (κ2) is 5.55. The third-order valence-electron chi connectivity index (χ3n) is 2.90. The third-order valence-corrected chi connectivity index (χ3v) is 6.43. The molecule has 0 spiro atoms. The molecule has 100 valence electrons. The molecule has 0 radical (unpaired) electrons. The Hall–Kier alpha value is -0.000000000000000111. The Balaban J connectivity index is 2.37. The Labute approximate surface area is 122 Å². The number of nitrogens with zero attached hydrogens (tertiary/aromatic N) is 1. The molecular weight excluding hydrogens is 315 g/mol. The van der Waals surface area contributed by atoms with Crippen LogP contribution in [0.1, 0.15) is 6.42 Å². The van der Waals surface area contributed by atoms with Crippen molar-refractivity contribution < 1.29 is 4.21 Å². The summed E-state index contributed by atoms with van der Waals surface area (Å²) < 4.78 is 16.8. The molecule has 1 heterocycles. The normalized spacial score (nSPS) is 27.4. The molecule has 0 saturated carbocycles. The summed E-state index contributed by atoms with van der Waals surface area (Å²) in [5, 5.41) is 4.08. The predicted octanol–water partition coefficient (Wildman–Crippen LogP) is 3.74. The standard InChI is InChI=1S/C11H13Cl3N2OS/c1-15-7-2-3-18(17,6-7)16-8-4-9(12)11(14)10(13)5-8/h4-5,7,15H,2-3,6H2,1H3. The van der Waals surface area contributed by atoms with Crippen molar-refractivity contribution >= 4 is 50.2 Å². The SMILES string of the molecule is CNC1CCS(=O)(=Nc2cc(Cl)c(Cl)c(Cl)c2)C1. The van der Waals surface area contributed by atoms with E-state index in [9.17, 15) is 4.21 Å². The molecule has 1 aliphatic rings. The molecule has 1 saturated heterocycles. The highest BCUT2D eigenvalue weighted by Crippen LogP contribution is 2.35. The lowest BCUT2D eigenvalue weighted by Crippen LogP contribution is -2.25. The van der Waals surface area contributed by atoms with Gasteiger partial charge in [0.15, 0.2) is 0 Å². The molecule has 7 heteroatoms. The molecule has 0 amide bonds. The van der Waals surface area contributed by atoms with Gasteiger partial charge in [0.2, 0.25) is 0 Å². The van der Waals surface area contributed by atoms with Gasteiger partial charge in [0.25, 0.3) is 0 Å². The smallest absolute Gasteiger partial charge is 0.0780 e. The Morgan fingerprint density at radius 2 is 1.94 bits per heavy atom. The van der Waals surface area contributed by atoms with Crippen LogP contribution in [0, 0.1) is 0 Å². The third kappa shape index (κ3) is 3.11. The molecule has 1 aromatic carbocycles. The van der Waals surface area contributed by atoms with Crippen LogP contribution in [0.3, 0.4) is 0 Å². The van der Waals surface area contributed by atoms with Gasteiger partial charge in [0.1, 0.15) is 0 Å². The second-order valence-electron chi connectivity index (χ2n) is 4.23. The van der Waals surface area contributed by atoms with Crippen LogP contribution in [0.2, 0.25) is 15.1 Å². The number of halogens is 3. The largest absolute Gasteiger partial charge is 0.316 e. The van der Waals surface area contributed by atoms with Gasteiger partial charge in [0, 0.05) is 17.5 Å². The van der Waals surface area contributed by atoms with E-state index in [1.807, 2.05) is 7.05 Å². The van der Waals surface area contributed by atoms with E-state index in [-0.39, 0.29) is 6.04 Å². The number of rotatable bonds is 2. The predicted molar refractivity (Wildman–Crippen MR) is 78.9 cm³/mol. The van der Waals surface area contributed by atoms with Crippen molar-refractivity contribution in [3.05, 3.63) is 27.2 Å². The monoisotopic (exact) mass is 326 g/mol. The quantitative estimate of drug-likeness (QED) is 0.841. The second-order valence-corrected chi connectivity index (χ2v) is 7.89. The van der Waals surface area contributed by atoms with Gasteiger partial charge < -0.3 is 5.32 Å². The highest BCUT2D eigenvalue weighted by atomic mass is 35.5. The summed E-state index contributed by atoms with van der Waals surface area (Å²) in [5.74, 6) is 1.15. The number of hydrogen-bond donors (Lipinski definition) is 1. The summed E-state index contributed by atoms with van der Waals surface area (Å²) in [6.45, 7) is 0. The van der Waals surface area contributed by atoms with E-state index in [0.29, 0.717) is 32.3 Å². The van der Waals surface area contributed by atoms with Crippen LogP contribution in [0.25, 0.3) is 0 Å². The van der Waals surface area contributed by atoms with E-state index < -0.39 is 9.73 Å². The molecule has 0 aromatic heterocycles. The van der Waals surface area contributed by atoms with Crippen molar-refractivity contribution in [2.75, 3.05) is 18.6 Å². The average Bonchev–Trinajstić information content (AvgIpc) is 2.67. The van der Waals surface area contributed by atoms with Gasteiger partial charge in [-0.05, 0) is 25.6 Å². The summed E-state index contributed by atoms with van der Waals surface area (Å²) in [6.07, 6.45) is 0.869. The highest BCUT2D eigenvalue weighted by Gasteiger charge is 2.25. The first-order valence-electron chi connectivity index (χ1n) is 5.48. The van der Waals surface area contributed by atoms with Gasteiger partial charge in [0.05, 0.1) is 30.5 Å². The van der Waals surface area contributed by atoms with E-state index in [1.54, 1.807) is 12.1 Å². The maximum absolute atomic E-state index is 12.5. The first kappa shape index (κ1) is 14.4. The molecule has 1 N–H and O–H groups in total. The lowest BCUT2D eigenvalue weighted by molar-refractivity contribution is 0.622. The molecule has 3 nitrogen and oxygen atoms in total. The Bertz CT molecular complexity index is 559. The Morgan fingerprint density at radius 3 is 2.44 bits per heavy atom. The van der Waals surface area contributed by atoms with Gasteiger partial charge in [-0.3, -0.25) is 0 Å². The highest BCUT2D eigenvalue weighted by molar-refractivity contribution is 7.94. The fourth-order valence-electron chi connectivity index (χ4n) is 1.90. The van der Waals surface area contributed by atoms with E-state index in [4.69, 9.17) is 34.8 Å². The van der Waals surface area contributed by atoms with Gasteiger partial charge in [-0.1, -0.05) is 34.8 Å². The lowest BCUT2D eigenvalue weighted by atomic mass is 10.3. The van der Waals surface area contributed by atoms with Crippen LogP contribution in [0.4, 0.5) is 5.69 Å². The van der Waals surface area contributed by atoms with Crippen LogP contribution in [-0.4, -0.2) is 28.8 Å².